The van der Waals surface area contributed by atoms with Gasteiger partial charge in [0, 0.05) is 9.84 Å². The topological polar surface area (TPSA) is 55.8 Å². The van der Waals surface area contributed by atoms with Gasteiger partial charge < -0.3 is 14.6 Å². The fraction of sp³-hybridized carbons (Fsp3) is 0.938. The fourth-order valence-corrected chi connectivity index (χ4v) is 6.84. The van der Waals surface area contributed by atoms with Crippen molar-refractivity contribution in [1.82, 2.24) is 0 Å². The van der Waals surface area contributed by atoms with Gasteiger partial charge in [0.15, 0.2) is 0 Å². The maximum absolute atomic E-state index is 12.8. The predicted molar refractivity (Wildman–Crippen MR) is 87.3 cm³/mol. The number of halogens is 1. The summed E-state index contributed by atoms with van der Waals surface area (Å²) in [7, 11) is 1.48. The molecule has 1 heterocycles. The lowest BCUT2D eigenvalue weighted by molar-refractivity contribution is -0.167. The highest BCUT2D eigenvalue weighted by Crippen LogP contribution is 2.70. The second-order valence-corrected chi connectivity index (χ2v) is 8.12. The number of hydrogen-bond acceptors (Lipinski definition) is 4. The first-order chi connectivity index (χ1) is 9.88. The Balaban J connectivity index is 2.14. The molecule has 0 bridgehead atoms. The highest BCUT2D eigenvalue weighted by molar-refractivity contribution is 14.1. The van der Waals surface area contributed by atoms with Gasteiger partial charge in [0.05, 0.1) is 19.3 Å². The summed E-state index contributed by atoms with van der Waals surface area (Å²) in [5.41, 5.74) is -1.52. The van der Waals surface area contributed by atoms with Crippen LogP contribution in [0.15, 0.2) is 0 Å². The molecular formula is C16H25IO4. The Kier molecular flexibility index (Phi) is 3.86. The van der Waals surface area contributed by atoms with Gasteiger partial charge in [-0.25, -0.2) is 0 Å². The van der Waals surface area contributed by atoms with E-state index in [-0.39, 0.29) is 17.5 Å². The molecule has 5 heteroatoms. The van der Waals surface area contributed by atoms with E-state index in [1.54, 1.807) is 0 Å². The van der Waals surface area contributed by atoms with Crippen LogP contribution in [0.2, 0.25) is 0 Å². The van der Waals surface area contributed by atoms with E-state index in [1.165, 1.54) is 7.11 Å². The third-order valence-electron chi connectivity index (χ3n) is 6.67. The van der Waals surface area contributed by atoms with Crippen LogP contribution in [-0.4, -0.2) is 40.4 Å². The number of carbonyl (C=O) groups is 1. The Bertz CT molecular complexity index is 456. The molecule has 0 unspecified atom stereocenters. The summed E-state index contributed by atoms with van der Waals surface area (Å²) in [5, 5.41) is 10.6. The average molecular weight is 408 g/mol. The summed E-state index contributed by atoms with van der Waals surface area (Å²) in [5.74, 6) is 0.418. The molecule has 2 aliphatic carbocycles. The maximum Gasteiger partial charge on any atom is 0.315 e. The minimum Gasteiger partial charge on any atom is -0.468 e. The molecule has 0 radical (unpaired) electrons. The molecule has 0 aromatic rings. The van der Waals surface area contributed by atoms with Crippen LogP contribution in [0.5, 0.6) is 0 Å². The highest BCUT2D eigenvalue weighted by atomic mass is 127. The van der Waals surface area contributed by atoms with Gasteiger partial charge >= 0.3 is 5.97 Å². The SMILES string of the molecule is COC(=O)[C@@]12CC[C@H](C)C[C@@H]1O[C@@]1(CI)[C@@H](O)CC[C@]12C. The summed E-state index contributed by atoms with van der Waals surface area (Å²) < 4.78 is 12.4. The van der Waals surface area contributed by atoms with E-state index in [4.69, 9.17) is 9.47 Å². The molecule has 4 nitrogen and oxygen atoms in total. The van der Waals surface area contributed by atoms with Crippen molar-refractivity contribution >= 4 is 28.6 Å². The summed E-state index contributed by atoms with van der Waals surface area (Å²) in [6, 6.07) is 0. The number of aliphatic hydroxyl groups is 1. The van der Waals surface area contributed by atoms with Crippen molar-refractivity contribution in [2.75, 3.05) is 11.5 Å². The van der Waals surface area contributed by atoms with E-state index in [9.17, 15) is 9.90 Å². The summed E-state index contributed by atoms with van der Waals surface area (Å²) in [6.07, 6.45) is 3.66. The quantitative estimate of drug-likeness (QED) is 0.434. The molecule has 3 fully saturated rings. The molecule has 1 saturated heterocycles. The first kappa shape index (κ1) is 16.0. The van der Waals surface area contributed by atoms with Gasteiger partial charge in [-0.3, -0.25) is 4.79 Å². The Morgan fingerprint density at radius 3 is 2.76 bits per heavy atom. The van der Waals surface area contributed by atoms with Gasteiger partial charge in [-0.15, -0.1) is 0 Å². The molecule has 1 aliphatic heterocycles. The summed E-state index contributed by atoms with van der Waals surface area (Å²) >= 11 is 2.31. The Hall–Kier alpha value is 0.120. The zero-order valence-electron chi connectivity index (χ0n) is 13.0. The monoisotopic (exact) mass is 408 g/mol. The number of carbonyl (C=O) groups excluding carboxylic acids is 1. The van der Waals surface area contributed by atoms with Crippen LogP contribution in [-0.2, 0) is 14.3 Å². The van der Waals surface area contributed by atoms with Crippen molar-refractivity contribution in [3.8, 4) is 0 Å². The van der Waals surface area contributed by atoms with Crippen LogP contribution in [0, 0.1) is 16.7 Å². The number of esters is 1. The second-order valence-electron chi connectivity index (χ2n) is 7.36. The standard InChI is InChI=1S/C16H25IO4/c1-10-4-7-15(13(19)20-3)12(8-10)21-16(9-17)11(18)5-6-14(15,16)2/h10-12,18H,4-9H2,1-3H3/t10-,11-,12-,14-,15+,16-/m0/s1. The smallest absolute Gasteiger partial charge is 0.315 e. The number of rotatable bonds is 2. The molecule has 3 aliphatic rings. The molecule has 2 saturated carbocycles. The number of alkyl halides is 1. The van der Waals surface area contributed by atoms with E-state index in [2.05, 4.69) is 36.4 Å². The molecule has 1 N–H and O–H groups in total. The Morgan fingerprint density at radius 1 is 1.43 bits per heavy atom. The molecular weight excluding hydrogens is 383 g/mol. The number of hydrogen-bond donors (Lipinski definition) is 1. The van der Waals surface area contributed by atoms with Crippen LogP contribution >= 0.6 is 22.6 Å². The molecule has 0 spiro atoms. The van der Waals surface area contributed by atoms with E-state index >= 15 is 0 Å². The van der Waals surface area contributed by atoms with Crippen LogP contribution in [0.4, 0.5) is 0 Å². The lowest BCUT2D eigenvalue weighted by atomic mass is 9.53. The Labute approximate surface area is 140 Å². The van der Waals surface area contributed by atoms with Crippen molar-refractivity contribution in [3.05, 3.63) is 0 Å². The lowest BCUT2D eigenvalue weighted by Gasteiger charge is -2.47. The second kappa shape index (κ2) is 5.06. The fourth-order valence-electron chi connectivity index (χ4n) is 5.31. The maximum atomic E-state index is 12.8. The minimum atomic E-state index is -0.601. The van der Waals surface area contributed by atoms with Gasteiger partial charge in [0.2, 0.25) is 0 Å². The van der Waals surface area contributed by atoms with E-state index in [0.29, 0.717) is 16.8 Å². The van der Waals surface area contributed by atoms with Crippen molar-refractivity contribution in [1.29, 1.82) is 0 Å². The molecule has 6 atom stereocenters. The normalized spacial score (nSPS) is 52.3. The third-order valence-corrected chi connectivity index (χ3v) is 7.81. The van der Waals surface area contributed by atoms with Crippen LogP contribution in [0.25, 0.3) is 0 Å². The van der Waals surface area contributed by atoms with Gasteiger partial charge in [0.1, 0.15) is 11.0 Å². The largest absolute Gasteiger partial charge is 0.468 e. The first-order valence-electron chi connectivity index (χ1n) is 7.88. The lowest BCUT2D eigenvalue weighted by Crippen LogP contribution is -2.57. The van der Waals surface area contributed by atoms with Crippen molar-refractivity contribution in [2.45, 2.75) is 63.8 Å². The van der Waals surface area contributed by atoms with Gasteiger partial charge in [-0.1, -0.05) is 36.4 Å². The Morgan fingerprint density at radius 2 is 2.14 bits per heavy atom. The number of ether oxygens (including phenoxy) is 2. The molecule has 120 valence electrons. The zero-order valence-corrected chi connectivity index (χ0v) is 15.2. The van der Waals surface area contributed by atoms with Crippen LogP contribution < -0.4 is 0 Å². The van der Waals surface area contributed by atoms with Crippen molar-refractivity contribution in [3.63, 3.8) is 0 Å². The van der Waals surface area contributed by atoms with Crippen LogP contribution in [0.1, 0.15) is 46.0 Å². The zero-order chi connectivity index (χ0) is 15.5. The predicted octanol–water partition coefficient (Wildman–Crippen LogP) is 2.70. The highest BCUT2D eigenvalue weighted by Gasteiger charge is 2.78. The van der Waals surface area contributed by atoms with Crippen molar-refractivity contribution in [2.24, 2.45) is 16.7 Å². The number of aliphatic hydroxyl groups excluding tert-OH is 1. The molecule has 0 aromatic carbocycles. The van der Waals surface area contributed by atoms with Gasteiger partial charge in [-0.2, -0.15) is 0 Å². The van der Waals surface area contributed by atoms with E-state index in [0.717, 1.165) is 25.7 Å². The van der Waals surface area contributed by atoms with Gasteiger partial charge in [0.25, 0.3) is 0 Å². The third kappa shape index (κ3) is 1.71. The van der Waals surface area contributed by atoms with E-state index < -0.39 is 17.1 Å². The van der Waals surface area contributed by atoms with Crippen LogP contribution in [0.3, 0.4) is 0 Å². The van der Waals surface area contributed by atoms with E-state index in [1.807, 2.05) is 0 Å². The summed E-state index contributed by atoms with van der Waals surface area (Å²) in [6.45, 7) is 4.36. The number of methoxy groups -OCH3 is 1. The number of fused-ring (bicyclic) bond motifs is 3. The first-order valence-corrected chi connectivity index (χ1v) is 9.41. The van der Waals surface area contributed by atoms with Crippen molar-refractivity contribution < 1.29 is 19.4 Å². The molecule has 0 aromatic heterocycles. The average Bonchev–Trinajstić information content (AvgIpc) is 2.85. The molecule has 21 heavy (non-hydrogen) atoms. The minimum absolute atomic E-state index is 0.122. The molecule has 3 rings (SSSR count). The van der Waals surface area contributed by atoms with Gasteiger partial charge in [-0.05, 0) is 38.0 Å². The molecule has 0 amide bonds. The summed E-state index contributed by atoms with van der Waals surface area (Å²) in [4.78, 5) is 12.8.